The van der Waals surface area contributed by atoms with Crippen molar-refractivity contribution in [3.63, 3.8) is 0 Å². The van der Waals surface area contributed by atoms with Crippen LogP contribution in [0.3, 0.4) is 0 Å². The Hall–Kier alpha value is -1.27. The lowest BCUT2D eigenvalue weighted by molar-refractivity contribution is 0.437. The Labute approximate surface area is 129 Å². The van der Waals surface area contributed by atoms with Gasteiger partial charge in [0.15, 0.2) is 0 Å². The molecule has 0 bridgehead atoms. The summed E-state index contributed by atoms with van der Waals surface area (Å²) in [6.07, 6.45) is 0. The van der Waals surface area contributed by atoms with E-state index in [-0.39, 0.29) is 17.4 Å². The molecule has 1 heterocycles. The highest BCUT2D eigenvalue weighted by molar-refractivity contribution is 9.10. The van der Waals surface area contributed by atoms with E-state index in [2.05, 4.69) is 25.9 Å². The Morgan fingerprint density at radius 1 is 1.45 bits per heavy atom. The summed E-state index contributed by atoms with van der Waals surface area (Å²) in [5.41, 5.74) is 0.0681. The van der Waals surface area contributed by atoms with Crippen LogP contribution in [0, 0.1) is 0 Å². The number of rotatable bonds is 4. The number of benzene rings is 1. The first-order valence-electron chi connectivity index (χ1n) is 6.18. The molecule has 0 atom stereocenters. The number of nitrogens with one attached hydrogen (secondary N) is 1. The number of thioether (sulfide) groups is 1. The van der Waals surface area contributed by atoms with Gasteiger partial charge in [-0.25, -0.2) is 0 Å². The van der Waals surface area contributed by atoms with Crippen LogP contribution in [-0.2, 0) is 5.75 Å². The molecule has 0 aliphatic carbocycles. The molecule has 0 aliphatic heterocycles. The number of aromatic hydroxyl groups is 1. The Morgan fingerprint density at radius 3 is 2.80 bits per heavy atom. The third-order valence-electron chi connectivity index (χ3n) is 2.73. The van der Waals surface area contributed by atoms with Crippen molar-refractivity contribution in [1.29, 1.82) is 0 Å². The van der Waals surface area contributed by atoms with Gasteiger partial charge >= 0.3 is 0 Å². The quantitative estimate of drug-likeness (QED) is 0.822. The minimum absolute atomic E-state index is 0.0574. The van der Waals surface area contributed by atoms with Crippen molar-refractivity contribution in [2.24, 2.45) is 0 Å². The lowest BCUT2D eigenvalue weighted by atomic mass is 10.1. The monoisotopic (exact) mass is 354 g/mol. The Morgan fingerprint density at radius 2 is 2.20 bits per heavy atom. The van der Waals surface area contributed by atoms with Crippen LogP contribution in [0.2, 0.25) is 0 Å². The maximum Gasteiger partial charge on any atom is 0.258 e. The molecule has 1 aromatic heterocycles. The van der Waals surface area contributed by atoms with Crippen molar-refractivity contribution < 1.29 is 5.11 Å². The summed E-state index contributed by atoms with van der Waals surface area (Å²) >= 11 is 4.96. The van der Waals surface area contributed by atoms with Gasteiger partial charge in [-0.3, -0.25) is 4.79 Å². The Kier molecular flexibility index (Phi) is 4.88. The van der Waals surface area contributed by atoms with Gasteiger partial charge in [-0.2, -0.15) is 4.98 Å². The van der Waals surface area contributed by atoms with Crippen LogP contribution in [0.25, 0.3) is 0 Å². The number of aromatic amines is 1. The van der Waals surface area contributed by atoms with Gasteiger partial charge in [0.05, 0.1) is 11.3 Å². The van der Waals surface area contributed by atoms with E-state index in [9.17, 15) is 9.90 Å². The molecule has 2 N–H and O–H groups in total. The molecule has 106 valence electrons. The first-order valence-corrected chi connectivity index (χ1v) is 7.95. The average Bonchev–Trinajstić information content (AvgIpc) is 2.35. The van der Waals surface area contributed by atoms with Crippen LogP contribution >= 0.6 is 27.7 Å². The van der Waals surface area contributed by atoms with Gasteiger partial charge in [0.25, 0.3) is 5.56 Å². The lowest BCUT2D eigenvalue weighted by Crippen LogP contribution is -2.17. The molecule has 20 heavy (non-hydrogen) atoms. The minimum atomic E-state index is -0.266. The first-order chi connectivity index (χ1) is 9.47. The van der Waals surface area contributed by atoms with Crippen molar-refractivity contribution in [3.05, 3.63) is 50.5 Å². The number of nitrogens with zero attached hydrogens (tertiary/aromatic N) is 1. The number of halogens is 1. The summed E-state index contributed by atoms with van der Waals surface area (Å²) in [6, 6.07) is 7.87. The SMILES string of the molecule is CC(C)c1c(O)nc(CSc2cccc(Br)c2)[nH]c1=O. The van der Waals surface area contributed by atoms with E-state index in [1.807, 2.05) is 38.1 Å². The fourth-order valence-corrected chi connectivity index (χ4v) is 3.19. The molecule has 0 saturated carbocycles. The molecular formula is C14H15BrN2O2S. The zero-order chi connectivity index (χ0) is 14.7. The van der Waals surface area contributed by atoms with Crippen LogP contribution in [0.5, 0.6) is 5.88 Å². The third kappa shape index (κ3) is 3.64. The van der Waals surface area contributed by atoms with Crippen LogP contribution < -0.4 is 5.56 Å². The molecule has 2 rings (SSSR count). The second kappa shape index (κ2) is 6.45. The third-order valence-corrected chi connectivity index (χ3v) is 4.23. The first kappa shape index (κ1) is 15.1. The summed E-state index contributed by atoms with van der Waals surface area (Å²) in [4.78, 5) is 19.7. The molecule has 0 amide bonds. The lowest BCUT2D eigenvalue weighted by Gasteiger charge is -2.08. The van der Waals surface area contributed by atoms with Crippen molar-refractivity contribution in [3.8, 4) is 5.88 Å². The second-order valence-electron chi connectivity index (χ2n) is 4.65. The Balaban J connectivity index is 2.17. The number of H-pyrrole nitrogens is 1. The summed E-state index contributed by atoms with van der Waals surface area (Å²) in [7, 11) is 0. The van der Waals surface area contributed by atoms with Gasteiger partial charge in [0, 0.05) is 9.37 Å². The van der Waals surface area contributed by atoms with Gasteiger partial charge in [0.2, 0.25) is 5.88 Å². The molecule has 0 aliphatic rings. The summed E-state index contributed by atoms with van der Waals surface area (Å²) in [5.74, 6) is 0.742. The molecule has 0 fully saturated rings. The van der Waals surface area contributed by atoms with Crippen molar-refractivity contribution in [2.45, 2.75) is 30.4 Å². The molecule has 0 unspecified atom stereocenters. The topological polar surface area (TPSA) is 66.0 Å². The highest BCUT2D eigenvalue weighted by atomic mass is 79.9. The normalized spacial score (nSPS) is 11.0. The Bertz CT molecular complexity index is 670. The highest BCUT2D eigenvalue weighted by Gasteiger charge is 2.14. The van der Waals surface area contributed by atoms with Crippen LogP contribution in [0.4, 0.5) is 0 Å². The largest absolute Gasteiger partial charge is 0.493 e. The van der Waals surface area contributed by atoms with Crippen LogP contribution in [-0.4, -0.2) is 15.1 Å². The zero-order valence-electron chi connectivity index (χ0n) is 11.2. The smallest absolute Gasteiger partial charge is 0.258 e. The predicted molar refractivity (Wildman–Crippen MR) is 84.3 cm³/mol. The van der Waals surface area contributed by atoms with Crippen molar-refractivity contribution in [1.82, 2.24) is 9.97 Å². The molecule has 6 heteroatoms. The average molecular weight is 355 g/mol. The van der Waals surface area contributed by atoms with Gasteiger partial charge in [-0.15, -0.1) is 11.8 Å². The van der Waals surface area contributed by atoms with Crippen molar-refractivity contribution >= 4 is 27.7 Å². The van der Waals surface area contributed by atoms with Crippen LogP contribution in [0.15, 0.2) is 38.4 Å². The molecule has 0 radical (unpaired) electrons. The van der Waals surface area contributed by atoms with E-state index in [1.165, 1.54) is 0 Å². The standard InChI is InChI=1S/C14H15BrN2O2S/c1-8(2)12-13(18)16-11(17-14(12)19)7-20-10-5-3-4-9(15)6-10/h3-6,8H,7H2,1-2H3,(H2,16,17,18,19). The van der Waals surface area contributed by atoms with Crippen LogP contribution in [0.1, 0.15) is 31.2 Å². The van der Waals surface area contributed by atoms with E-state index in [4.69, 9.17) is 0 Å². The van der Waals surface area contributed by atoms with E-state index >= 15 is 0 Å². The second-order valence-corrected chi connectivity index (χ2v) is 6.62. The van der Waals surface area contributed by atoms with E-state index in [0.29, 0.717) is 17.1 Å². The predicted octanol–water partition coefficient (Wildman–Crippen LogP) is 3.65. The minimum Gasteiger partial charge on any atom is -0.493 e. The molecule has 0 spiro atoms. The fraction of sp³-hybridized carbons (Fsp3) is 0.286. The molecule has 4 nitrogen and oxygen atoms in total. The molecule has 1 aromatic carbocycles. The summed E-state index contributed by atoms with van der Waals surface area (Å²) in [6.45, 7) is 3.70. The number of hydrogen-bond acceptors (Lipinski definition) is 4. The maximum absolute atomic E-state index is 11.9. The van der Waals surface area contributed by atoms with Gasteiger partial charge in [-0.05, 0) is 24.1 Å². The number of hydrogen-bond donors (Lipinski definition) is 2. The van der Waals surface area contributed by atoms with Crippen molar-refractivity contribution in [2.75, 3.05) is 0 Å². The summed E-state index contributed by atoms with van der Waals surface area (Å²) < 4.78 is 1.00. The molecule has 2 aromatic rings. The van der Waals surface area contributed by atoms with Gasteiger partial charge in [-0.1, -0.05) is 35.8 Å². The molecular weight excluding hydrogens is 340 g/mol. The maximum atomic E-state index is 11.9. The highest BCUT2D eigenvalue weighted by Crippen LogP contribution is 2.25. The van der Waals surface area contributed by atoms with Gasteiger partial charge < -0.3 is 10.1 Å². The van der Waals surface area contributed by atoms with E-state index in [1.54, 1.807) is 11.8 Å². The summed E-state index contributed by atoms with van der Waals surface area (Å²) in [5, 5.41) is 9.84. The number of aromatic nitrogens is 2. The van der Waals surface area contributed by atoms with Gasteiger partial charge in [0.1, 0.15) is 5.82 Å². The van der Waals surface area contributed by atoms with E-state index < -0.39 is 0 Å². The van der Waals surface area contributed by atoms with E-state index in [0.717, 1.165) is 9.37 Å². The fourth-order valence-electron chi connectivity index (χ4n) is 1.81. The molecule has 0 saturated heterocycles. The zero-order valence-corrected chi connectivity index (χ0v) is 13.6.